The van der Waals surface area contributed by atoms with E-state index in [0.29, 0.717) is 92.5 Å². The topological polar surface area (TPSA) is 179 Å². The second-order valence-corrected chi connectivity index (χ2v) is 16.7. The number of ether oxygens (including phenoxy) is 3. The summed E-state index contributed by atoms with van der Waals surface area (Å²) in [7, 11) is 3.28. The summed E-state index contributed by atoms with van der Waals surface area (Å²) in [4.78, 5) is 64.3. The van der Waals surface area contributed by atoms with Gasteiger partial charge in [0.2, 0.25) is 5.91 Å². The van der Waals surface area contributed by atoms with E-state index in [-0.39, 0.29) is 43.0 Å². The van der Waals surface area contributed by atoms with E-state index in [2.05, 4.69) is 21.5 Å². The maximum atomic E-state index is 15.9. The lowest BCUT2D eigenvalue weighted by atomic mass is 9.97. The summed E-state index contributed by atoms with van der Waals surface area (Å²) < 4.78 is 50.8. The molecule has 3 aromatic carbocycles. The number of urea groups is 1. The number of pyridine rings is 1. The van der Waals surface area contributed by atoms with Crippen molar-refractivity contribution >= 4 is 46.3 Å². The van der Waals surface area contributed by atoms with Crippen molar-refractivity contribution in [2.45, 2.75) is 50.7 Å². The van der Waals surface area contributed by atoms with Gasteiger partial charge in [-0.1, -0.05) is 18.2 Å². The van der Waals surface area contributed by atoms with Crippen LogP contribution >= 0.6 is 0 Å². The lowest BCUT2D eigenvalue weighted by molar-refractivity contribution is -0.129. The van der Waals surface area contributed by atoms with Crippen molar-refractivity contribution in [1.29, 1.82) is 5.26 Å². The van der Waals surface area contributed by atoms with Crippen molar-refractivity contribution in [3.8, 4) is 29.1 Å². The molecule has 5 aromatic rings. The van der Waals surface area contributed by atoms with E-state index < -0.39 is 35.9 Å². The molecule has 3 saturated heterocycles. The average molecular weight is 903 g/mol. The minimum atomic E-state index is -2.96. The van der Waals surface area contributed by atoms with Gasteiger partial charge in [-0.15, -0.1) is 0 Å². The number of aromatic nitrogens is 3. The summed E-state index contributed by atoms with van der Waals surface area (Å²) in [5, 5.41) is 17.3. The number of imide groups is 2. The van der Waals surface area contributed by atoms with E-state index >= 15 is 8.78 Å². The molecule has 4 aliphatic heterocycles. The number of nitrogens with zero attached hydrogens (tertiary/aromatic N) is 9. The zero-order valence-corrected chi connectivity index (χ0v) is 36.7. The molecule has 0 saturated carbocycles. The number of piperidine rings is 1. The molecule has 0 radical (unpaired) electrons. The highest BCUT2D eigenvalue weighted by Gasteiger charge is 2.48. The lowest BCUT2D eigenvalue weighted by Crippen LogP contribution is -2.61. The first-order valence-electron chi connectivity index (χ1n) is 21.9. The minimum Gasteiger partial charge on any atom is -0.493 e. The number of carbonyl (C=O) groups excluding carboxylic acids is 4. The van der Waals surface area contributed by atoms with Gasteiger partial charge in [0.1, 0.15) is 17.3 Å². The van der Waals surface area contributed by atoms with Gasteiger partial charge >= 0.3 is 6.03 Å². The lowest BCUT2D eigenvalue weighted by Gasteiger charge is -2.46. The minimum absolute atomic E-state index is 0.136. The number of methoxy groups -OCH3 is 1. The first kappa shape index (κ1) is 44.1. The van der Waals surface area contributed by atoms with Crippen molar-refractivity contribution in [3.05, 3.63) is 95.2 Å². The Morgan fingerprint density at radius 2 is 1.67 bits per heavy atom. The van der Waals surface area contributed by atoms with Crippen molar-refractivity contribution in [2.75, 3.05) is 69.3 Å². The fourth-order valence-electron chi connectivity index (χ4n) is 9.36. The van der Waals surface area contributed by atoms with E-state index in [1.165, 1.54) is 18.2 Å². The average Bonchev–Trinajstić information content (AvgIpc) is 3.76. The van der Waals surface area contributed by atoms with Gasteiger partial charge in [0.15, 0.2) is 17.3 Å². The van der Waals surface area contributed by atoms with Gasteiger partial charge in [0.05, 0.1) is 61.5 Å². The predicted octanol–water partition coefficient (Wildman–Crippen LogP) is 5.90. The summed E-state index contributed by atoms with van der Waals surface area (Å²) in [5.41, 5.74) is 2.48. The van der Waals surface area contributed by atoms with Crippen molar-refractivity contribution in [3.63, 3.8) is 0 Å². The Labute approximate surface area is 379 Å². The van der Waals surface area contributed by atoms with Gasteiger partial charge in [-0.3, -0.25) is 44.0 Å². The highest BCUT2D eigenvalue weighted by atomic mass is 19.3. The van der Waals surface area contributed by atoms with Crippen LogP contribution in [0.1, 0.15) is 64.1 Å². The molecule has 6 heterocycles. The molecule has 342 valence electrons. The molecule has 1 N–H and O–H groups in total. The van der Waals surface area contributed by atoms with Crippen LogP contribution in [0.4, 0.5) is 25.2 Å². The third-order valence-electron chi connectivity index (χ3n) is 12.7. The van der Waals surface area contributed by atoms with E-state index in [1.54, 1.807) is 59.1 Å². The summed E-state index contributed by atoms with van der Waals surface area (Å²) in [6, 6.07) is 19.2. The molecule has 5 amide bonds. The maximum Gasteiger partial charge on any atom is 0.329 e. The number of hydrogen-bond donors (Lipinski definition) is 1. The van der Waals surface area contributed by atoms with Gasteiger partial charge in [0.25, 0.3) is 17.7 Å². The van der Waals surface area contributed by atoms with Crippen molar-refractivity contribution in [2.24, 2.45) is 7.05 Å². The van der Waals surface area contributed by atoms with E-state index in [0.717, 1.165) is 21.4 Å². The predicted molar refractivity (Wildman–Crippen MR) is 237 cm³/mol. The summed E-state index contributed by atoms with van der Waals surface area (Å²) in [6.45, 7) is 4.44. The fourth-order valence-corrected chi connectivity index (χ4v) is 9.36. The van der Waals surface area contributed by atoms with Gasteiger partial charge < -0.3 is 19.1 Å². The number of piperazine rings is 1. The van der Waals surface area contributed by atoms with E-state index in [9.17, 15) is 24.4 Å². The Morgan fingerprint density at radius 1 is 0.909 bits per heavy atom. The third-order valence-corrected chi connectivity index (χ3v) is 12.7. The number of anilines is 2. The zero-order chi connectivity index (χ0) is 46.3. The van der Waals surface area contributed by atoms with E-state index in [1.807, 2.05) is 41.0 Å². The third kappa shape index (κ3) is 8.44. The zero-order valence-electron chi connectivity index (χ0n) is 36.7. The Balaban J connectivity index is 0.786. The van der Waals surface area contributed by atoms with Crippen molar-refractivity contribution < 1.29 is 42.2 Å². The Hall–Kier alpha value is -7.17. The Kier molecular flexibility index (Phi) is 12.0. The largest absolute Gasteiger partial charge is 0.493 e. The number of nitriles is 1. The summed E-state index contributed by atoms with van der Waals surface area (Å²) >= 11 is 0. The fraction of sp³-hybridized carbons (Fsp3) is 0.383. The first-order valence-corrected chi connectivity index (χ1v) is 21.9. The van der Waals surface area contributed by atoms with Gasteiger partial charge in [-0.2, -0.15) is 10.4 Å². The summed E-state index contributed by atoms with van der Waals surface area (Å²) in [5.74, 6) is -1.40. The number of carbonyl (C=O) groups is 4. The number of likely N-dealkylation sites (tertiary alicyclic amines) is 1. The molecule has 17 nitrogen and oxygen atoms in total. The molecule has 19 heteroatoms. The first-order chi connectivity index (χ1) is 31.8. The molecule has 2 atom stereocenters. The number of rotatable bonds is 13. The smallest absolute Gasteiger partial charge is 0.329 e. The number of aryl methyl sites for hydroxylation is 1. The Morgan fingerprint density at radius 3 is 2.38 bits per heavy atom. The molecule has 0 aliphatic carbocycles. The van der Waals surface area contributed by atoms with Crippen LogP contribution in [0, 0.1) is 11.3 Å². The maximum absolute atomic E-state index is 15.9. The van der Waals surface area contributed by atoms with Crippen LogP contribution in [0.5, 0.6) is 23.0 Å². The number of nitrogens with one attached hydrogen (secondary N) is 1. The molecule has 9 rings (SSSR count). The van der Waals surface area contributed by atoms with Gasteiger partial charge in [-0.05, 0) is 66.9 Å². The second kappa shape index (κ2) is 18.0. The van der Waals surface area contributed by atoms with Crippen LogP contribution in [0.25, 0.3) is 10.9 Å². The van der Waals surface area contributed by atoms with Crippen LogP contribution in [0.2, 0.25) is 0 Å². The molecule has 3 fully saturated rings. The number of hydrogen-bond acceptors (Lipinski definition) is 13. The van der Waals surface area contributed by atoms with Crippen LogP contribution in [0.15, 0.2) is 72.9 Å². The standard InChI is InChI=1S/C47H48F2N10O7/c1-4-65-39-23-30(7-12-38(39)64-3)36(13-16-50)59-44(61)34-25-41(51-26-35(34)45(59)62)57-21-19-56(20-22-57)40-14-17-55(28-47(40,48)49)27-29-5-8-31(9-6-29)66-32-10-11-33-37(24-32)54(2)53-43(33)58-18-15-42(60)52-46(58)63/h5-12,23-26,36,40H,4,13-15,17-22,27-28H2,1-3H3,(H,52,60,63)/t36-,40-/m1/s1. The van der Waals surface area contributed by atoms with Crippen LogP contribution < -0.4 is 29.3 Å². The molecular formula is C47H48F2N10O7. The number of benzene rings is 3. The molecular weight excluding hydrogens is 855 g/mol. The normalized spacial score (nSPS) is 19.5. The molecule has 0 spiro atoms. The highest BCUT2D eigenvalue weighted by molar-refractivity contribution is 6.21. The van der Waals surface area contributed by atoms with Gasteiger partial charge in [0, 0.05) is 76.9 Å². The van der Waals surface area contributed by atoms with Gasteiger partial charge in [-0.25, -0.2) is 18.6 Å². The molecule has 2 aromatic heterocycles. The molecule has 0 bridgehead atoms. The highest BCUT2D eigenvalue weighted by Crippen LogP contribution is 2.39. The van der Waals surface area contributed by atoms with E-state index in [4.69, 9.17) is 14.2 Å². The number of amides is 5. The van der Waals surface area contributed by atoms with Crippen LogP contribution in [-0.2, 0) is 18.4 Å². The van der Waals surface area contributed by atoms with Crippen LogP contribution in [0.3, 0.4) is 0 Å². The summed E-state index contributed by atoms with van der Waals surface area (Å²) in [6.07, 6.45) is 1.73. The number of halogens is 2. The quantitative estimate of drug-likeness (QED) is 0.138. The molecule has 0 unspecified atom stereocenters. The Bertz CT molecular complexity index is 2750. The second-order valence-electron chi connectivity index (χ2n) is 16.7. The SMILES string of the molecule is CCOc1cc([C@@H](CC#N)N2C(=O)c3cnc(N4CCN([C@@H]5CCN(Cc6ccc(Oc7ccc8c(N9CCC(=O)NC9=O)nn(C)c8c7)cc6)CC5(F)F)CC4)cc3C2=O)ccc1OC. The number of fused-ring (bicyclic) bond motifs is 2. The molecule has 4 aliphatic rings. The van der Waals surface area contributed by atoms with Crippen LogP contribution in [-0.4, -0.2) is 125 Å². The molecule has 66 heavy (non-hydrogen) atoms. The number of alkyl halides is 2. The monoisotopic (exact) mass is 902 g/mol. The van der Waals surface area contributed by atoms with Crippen molar-refractivity contribution in [1.82, 2.24) is 34.8 Å².